The highest BCUT2D eigenvalue weighted by Crippen LogP contribution is 2.16. The van der Waals surface area contributed by atoms with Gasteiger partial charge in [0.2, 0.25) is 0 Å². The second kappa shape index (κ2) is 11.6. The summed E-state index contributed by atoms with van der Waals surface area (Å²) in [5, 5.41) is 11.1. The number of hydrogen-bond donors (Lipinski definition) is 1. The normalized spacial score (nSPS) is 11.4. The number of benzene rings is 2. The third-order valence-corrected chi connectivity index (χ3v) is 4.55. The average Bonchev–Trinajstić information content (AvgIpc) is 2.76. The summed E-state index contributed by atoms with van der Waals surface area (Å²) in [5.41, 5.74) is -0.277. The fourth-order valence-corrected chi connectivity index (χ4v) is 2.89. The maximum Gasteiger partial charge on any atom is 0.329 e. The molecule has 0 bridgehead atoms. The Balaban J connectivity index is 2.08. The molecule has 9 heteroatoms. The topological polar surface area (TPSA) is 99.5 Å². The number of nitrogens with zero attached hydrogens (tertiary/aromatic N) is 2. The second-order valence-electron chi connectivity index (χ2n) is 7.19. The van der Waals surface area contributed by atoms with Crippen molar-refractivity contribution in [3.8, 4) is 6.07 Å². The van der Waals surface area contributed by atoms with E-state index in [1.165, 1.54) is 4.90 Å². The number of carbonyl (C=O) groups is 3. The molecule has 2 aromatic carbocycles. The Hall–Kier alpha value is -3.80. The van der Waals surface area contributed by atoms with Crippen molar-refractivity contribution < 1.29 is 27.9 Å². The van der Waals surface area contributed by atoms with Crippen LogP contribution in [0.4, 0.5) is 14.5 Å². The number of rotatable bonds is 9. The number of hydrogen-bond acceptors (Lipinski definition) is 5. The van der Waals surface area contributed by atoms with Crippen LogP contribution in [0.3, 0.4) is 0 Å². The number of amides is 2. The van der Waals surface area contributed by atoms with Gasteiger partial charge in [-0.2, -0.15) is 5.26 Å². The number of nitriles is 1. The highest BCUT2D eigenvalue weighted by atomic mass is 19.1. The molecule has 2 aromatic rings. The first-order valence-electron chi connectivity index (χ1n) is 9.90. The number of anilines is 1. The standard InChI is InChI=1S/C23H23F2N3O4/c1-15(2)21(27-22(30)20-17(24)10-6-11-18(20)25)23(31)32-14-19(29)28(13-7-12-26)16-8-4-3-5-9-16/h3-6,8-11,15,21H,7,13-14H2,1-2H3,(H,27,30)/t21-/m0/s1. The van der Waals surface area contributed by atoms with Crippen molar-refractivity contribution in [3.05, 3.63) is 65.7 Å². The van der Waals surface area contributed by atoms with Gasteiger partial charge in [-0.25, -0.2) is 13.6 Å². The number of carbonyl (C=O) groups excluding carboxylic acids is 3. The summed E-state index contributed by atoms with van der Waals surface area (Å²) in [6.07, 6.45) is 0.0768. The predicted octanol–water partition coefficient (Wildman–Crippen LogP) is 3.21. The van der Waals surface area contributed by atoms with Gasteiger partial charge in [0.05, 0.1) is 12.5 Å². The van der Waals surface area contributed by atoms with Gasteiger partial charge in [0, 0.05) is 12.2 Å². The zero-order valence-corrected chi connectivity index (χ0v) is 17.7. The molecule has 2 amide bonds. The van der Waals surface area contributed by atoms with E-state index >= 15 is 0 Å². The first-order valence-corrected chi connectivity index (χ1v) is 9.90. The zero-order valence-electron chi connectivity index (χ0n) is 17.7. The van der Waals surface area contributed by atoms with E-state index in [-0.39, 0.29) is 13.0 Å². The van der Waals surface area contributed by atoms with Gasteiger partial charge in [0.25, 0.3) is 11.8 Å². The van der Waals surface area contributed by atoms with Crippen molar-refractivity contribution in [2.45, 2.75) is 26.3 Å². The molecular formula is C23H23F2N3O4. The van der Waals surface area contributed by atoms with Gasteiger partial charge in [-0.1, -0.05) is 38.1 Å². The first-order chi connectivity index (χ1) is 15.3. The molecule has 0 aliphatic carbocycles. The minimum absolute atomic E-state index is 0.0768. The number of ether oxygens (including phenoxy) is 1. The van der Waals surface area contributed by atoms with Gasteiger partial charge in [-0.15, -0.1) is 0 Å². The summed E-state index contributed by atoms with van der Waals surface area (Å²) >= 11 is 0. The van der Waals surface area contributed by atoms with E-state index < -0.39 is 53.5 Å². The summed E-state index contributed by atoms with van der Waals surface area (Å²) in [5.74, 6) is -5.21. The first kappa shape index (κ1) is 24.5. The zero-order chi connectivity index (χ0) is 23.7. The molecule has 0 spiro atoms. The third-order valence-electron chi connectivity index (χ3n) is 4.55. The van der Waals surface area contributed by atoms with Crippen LogP contribution in [0.15, 0.2) is 48.5 Å². The van der Waals surface area contributed by atoms with Crippen LogP contribution in [0.1, 0.15) is 30.6 Å². The molecule has 2 rings (SSSR count). The lowest BCUT2D eigenvalue weighted by Gasteiger charge is -2.24. The van der Waals surface area contributed by atoms with E-state index in [0.717, 1.165) is 18.2 Å². The predicted molar refractivity (Wildman–Crippen MR) is 112 cm³/mol. The van der Waals surface area contributed by atoms with Crippen LogP contribution in [-0.4, -0.2) is 37.0 Å². The smallest absolute Gasteiger partial charge is 0.329 e. The molecule has 7 nitrogen and oxygen atoms in total. The second-order valence-corrected chi connectivity index (χ2v) is 7.19. The van der Waals surface area contributed by atoms with Crippen LogP contribution in [0.25, 0.3) is 0 Å². The van der Waals surface area contributed by atoms with Gasteiger partial charge in [0.15, 0.2) is 6.61 Å². The Morgan fingerprint density at radius 3 is 2.25 bits per heavy atom. The van der Waals surface area contributed by atoms with E-state index in [0.29, 0.717) is 5.69 Å². The van der Waals surface area contributed by atoms with Crippen molar-refractivity contribution >= 4 is 23.5 Å². The van der Waals surface area contributed by atoms with E-state index in [1.54, 1.807) is 44.2 Å². The van der Waals surface area contributed by atoms with Crippen molar-refractivity contribution in [2.75, 3.05) is 18.1 Å². The van der Waals surface area contributed by atoms with E-state index in [1.807, 2.05) is 6.07 Å². The van der Waals surface area contributed by atoms with Crippen molar-refractivity contribution in [1.29, 1.82) is 5.26 Å². The van der Waals surface area contributed by atoms with Crippen molar-refractivity contribution in [3.63, 3.8) is 0 Å². The molecule has 0 saturated carbocycles. The number of halogens is 2. The van der Waals surface area contributed by atoms with E-state index in [2.05, 4.69) is 5.32 Å². The van der Waals surface area contributed by atoms with Crippen molar-refractivity contribution in [2.24, 2.45) is 5.92 Å². The van der Waals surface area contributed by atoms with Gasteiger partial charge >= 0.3 is 5.97 Å². The van der Waals surface area contributed by atoms with Gasteiger partial charge in [-0.3, -0.25) is 9.59 Å². The largest absolute Gasteiger partial charge is 0.454 e. The SMILES string of the molecule is CC(C)[C@H](NC(=O)c1c(F)cccc1F)C(=O)OCC(=O)N(CCC#N)c1ccccc1. The Labute approximate surface area is 184 Å². The third kappa shape index (κ3) is 6.35. The van der Waals surface area contributed by atoms with Crippen LogP contribution in [-0.2, 0) is 14.3 Å². The average molecular weight is 443 g/mol. The molecule has 0 radical (unpaired) electrons. The lowest BCUT2D eigenvalue weighted by molar-refractivity contribution is -0.150. The van der Waals surface area contributed by atoms with Gasteiger partial charge in [-0.05, 0) is 30.2 Å². The van der Waals surface area contributed by atoms with Crippen LogP contribution >= 0.6 is 0 Å². The van der Waals surface area contributed by atoms with Crippen molar-refractivity contribution in [1.82, 2.24) is 5.32 Å². The monoisotopic (exact) mass is 443 g/mol. The van der Waals surface area contributed by atoms with Gasteiger partial charge in [0.1, 0.15) is 23.2 Å². The molecule has 1 N–H and O–H groups in total. The number of nitrogens with one attached hydrogen (secondary N) is 1. The molecule has 0 fully saturated rings. The van der Waals surface area contributed by atoms with E-state index in [9.17, 15) is 23.2 Å². The fraction of sp³-hybridized carbons (Fsp3) is 0.304. The summed E-state index contributed by atoms with van der Waals surface area (Å²) in [6.45, 7) is 2.68. The number of esters is 1. The molecule has 168 valence electrons. The van der Waals surface area contributed by atoms with E-state index in [4.69, 9.17) is 10.00 Å². The Bertz CT molecular complexity index is 986. The maximum absolute atomic E-state index is 13.9. The van der Waals surface area contributed by atoms with Gasteiger partial charge < -0.3 is 15.0 Å². The maximum atomic E-state index is 13.9. The molecular weight excluding hydrogens is 420 g/mol. The highest BCUT2D eigenvalue weighted by molar-refractivity contribution is 5.98. The molecule has 0 heterocycles. The molecule has 0 saturated heterocycles. The molecule has 0 aromatic heterocycles. The number of para-hydroxylation sites is 1. The lowest BCUT2D eigenvalue weighted by Crippen LogP contribution is -2.47. The Morgan fingerprint density at radius 2 is 1.69 bits per heavy atom. The quantitative estimate of drug-likeness (QED) is 0.600. The summed E-state index contributed by atoms with van der Waals surface area (Å²) in [4.78, 5) is 38.8. The fourth-order valence-electron chi connectivity index (χ4n) is 2.89. The Morgan fingerprint density at radius 1 is 1.06 bits per heavy atom. The van der Waals surface area contributed by atoms with Crippen LogP contribution in [0, 0.1) is 28.9 Å². The minimum atomic E-state index is -1.24. The van der Waals surface area contributed by atoms with Crippen LogP contribution < -0.4 is 10.2 Å². The summed E-state index contributed by atoms with van der Waals surface area (Å²) < 4.78 is 32.8. The lowest BCUT2D eigenvalue weighted by atomic mass is 10.0. The minimum Gasteiger partial charge on any atom is -0.454 e. The summed E-state index contributed by atoms with van der Waals surface area (Å²) in [7, 11) is 0. The molecule has 0 unspecified atom stereocenters. The molecule has 32 heavy (non-hydrogen) atoms. The van der Waals surface area contributed by atoms with Crippen LogP contribution in [0.2, 0.25) is 0 Å². The molecule has 0 aliphatic heterocycles. The van der Waals surface area contributed by atoms with Crippen LogP contribution in [0.5, 0.6) is 0 Å². The summed E-state index contributed by atoms with van der Waals surface area (Å²) in [6, 6.07) is 12.3. The molecule has 0 aliphatic rings. The highest BCUT2D eigenvalue weighted by Gasteiger charge is 2.29. The Kier molecular flexibility index (Phi) is 8.83. The molecule has 1 atom stereocenters.